The lowest BCUT2D eigenvalue weighted by Crippen LogP contribution is -2.28. The highest BCUT2D eigenvalue weighted by Gasteiger charge is 2.34. The van der Waals surface area contributed by atoms with Crippen molar-refractivity contribution in [1.29, 1.82) is 0 Å². The van der Waals surface area contributed by atoms with Crippen molar-refractivity contribution in [3.8, 4) is 0 Å². The molecule has 1 N–H and O–H groups in total. The van der Waals surface area contributed by atoms with Gasteiger partial charge in [0.2, 0.25) is 5.95 Å². The zero-order chi connectivity index (χ0) is 12.8. The number of aromatic nitrogens is 3. The second-order valence-corrected chi connectivity index (χ2v) is 5.80. The van der Waals surface area contributed by atoms with E-state index in [-0.39, 0.29) is 0 Å². The first kappa shape index (κ1) is 11.2. The number of anilines is 1. The predicted molar refractivity (Wildman–Crippen MR) is 74.3 cm³/mol. The Bertz CT molecular complexity index is 601. The summed E-state index contributed by atoms with van der Waals surface area (Å²) in [5, 5.41) is 7.96. The van der Waals surface area contributed by atoms with Crippen LogP contribution in [0.4, 0.5) is 5.95 Å². The summed E-state index contributed by atoms with van der Waals surface area (Å²) in [6, 6.07) is 5.47. The molecular formula is C14H19N5. The fourth-order valence-corrected chi connectivity index (χ4v) is 2.90. The van der Waals surface area contributed by atoms with Gasteiger partial charge >= 0.3 is 0 Å². The van der Waals surface area contributed by atoms with Crippen molar-refractivity contribution in [3.05, 3.63) is 23.9 Å². The minimum atomic E-state index is 0.499. The first-order chi connectivity index (χ1) is 9.28. The number of hydrogen-bond donors (Lipinski definition) is 1. The number of pyridine rings is 1. The summed E-state index contributed by atoms with van der Waals surface area (Å²) in [6.07, 6.45) is 5.94. The van der Waals surface area contributed by atoms with Gasteiger partial charge in [0.15, 0.2) is 5.65 Å². The summed E-state index contributed by atoms with van der Waals surface area (Å²) >= 11 is 0. The third-order valence-corrected chi connectivity index (χ3v) is 4.11. The molecule has 3 heterocycles. The Morgan fingerprint density at radius 2 is 2.21 bits per heavy atom. The summed E-state index contributed by atoms with van der Waals surface area (Å²) in [7, 11) is 0. The number of rotatable bonds is 3. The van der Waals surface area contributed by atoms with Crippen LogP contribution in [0.5, 0.6) is 0 Å². The second kappa shape index (κ2) is 4.20. The summed E-state index contributed by atoms with van der Waals surface area (Å²) in [6.45, 7) is 4.43. The maximum Gasteiger partial charge on any atom is 0.243 e. The van der Waals surface area contributed by atoms with Gasteiger partial charge in [0.1, 0.15) is 0 Å². The molecule has 100 valence electrons. The van der Waals surface area contributed by atoms with E-state index < -0.39 is 0 Å². The summed E-state index contributed by atoms with van der Waals surface area (Å²) in [5.74, 6) is 0.758. The van der Waals surface area contributed by atoms with Gasteiger partial charge in [-0.05, 0) is 43.9 Å². The first-order valence-corrected chi connectivity index (χ1v) is 7.11. The number of fused-ring (bicyclic) bond motifs is 1. The molecule has 1 aliphatic carbocycles. The lowest BCUT2D eigenvalue weighted by molar-refractivity contribution is 0.326. The van der Waals surface area contributed by atoms with Crippen LogP contribution < -0.4 is 5.32 Å². The number of hydrogen-bond acceptors (Lipinski definition) is 4. The summed E-state index contributed by atoms with van der Waals surface area (Å²) in [5.41, 5.74) is 2.13. The molecular weight excluding hydrogens is 238 g/mol. The number of nitrogens with one attached hydrogen (secondary N) is 1. The van der Waals surface area contributed by atoms with Gasteiger partial charge in [-0.3, -0.25) is 4.90 Å². The molecule has 1 saturated carbocycles. The molecule has 1 aliphatic heterocycles. The standard InChI is InChI=1S/C14H19N5/c1-10-4-7-19-13(8-10)16-14(17-19)15-11-5-6-18(9-11)12-2-3-12/h4,7-8,11-12H,2-3,5-6,9H2,1H3,(H,15,17). The Morgan fingerprint density at radius 3 is 3.05 bits per heavy atom. The highest BCUT2D eigenvalue weighted by Crippen LogP contribution is 2.30. The van der Waals surface area contributed by atoms with E-state index in [4.69, 9.17) is 0 Å². The average molecular weight is 257 g/mol. The Hall–Kier alpha value is -1.62. The molecule has 4 rings (SSSR count). The minimum absolute atomic E-state index is 0.499. The van der Waals surface area contributed by atoms with E-state index in [0.717, 1.165) is 24.2 Å². The predicted octanol–water partition coefficient (Wildman–Crippen LogP) is 1.69. The van der Waals surface area contributed by atoms with Crippen LogP contribution in [0.2, 0.25) is 0 Å². The van der Waals surface area contributed by atoms with Gasteiger partial charge in [0, 0.05) is 31.4 Å². The molecule has 2 aliphatic rings. The van der Waals surface area contributed by atoms with Crippen LogP contribution in [0.3, 0.4) is 0 Å². The normalized spacial score (nSPS) is 24.2. The molecule has 0 bridgehead atoms. The van der Waals surface area contributed by atoms with E-state index >= 15 is 0 Å². The van der Waals surface area contributed by atoms with E-state index in [2.05, 4.69) is 39.4 Å². The molecule has 1 unspecified atom stereocenters. The Labute approximate surface area is 112 Å². The van der Waals surface area contributed by atoms with Crippen molar-refractivity contribution in [3.63, 3.8) is 0 Å². The molecule has 0 radical (unpaired) electrons. The van der Waals surface area contributed by atoms with Crippen molar-refractivity contribution >= 4 is 11.6 Å². The molecule has 5 nitrogen and oxygen atoms in total. The first-order valence-electron chi connectivity index (χ1n) is 7.11. The van der Waals surface area contributed by atoms with Crippen LogP contribution in [-0.4, -0.2) is 44.7 Å². The lowest BCUT2D eigenvalue weighted by Gasteiger charge is -2.14. The van der Waals surface area contributed by atoms with E-state index in [0.29, 0.717) is 6.04 Å². The SMILES string of the molecule is Cc1ccn2nc(NC3CCN(C4CC4)C3)nc2c1. The second-order valence-electron chi connectivity index (χ2n) is 5.80. The largest absolute Gasteiger partial charge is 0.349 e. The van der Waals surface area contributed by atoms with Crippen molar-refractivity contribution < 1.29 is 0 Å². The van der Waals surface area contributed by atoms with Gasteiger partial charge in [-0.1, -0.05) is 0 Å². The van der Waals surface area contributed by atoms with Crippen molar-refractivity contribution in [2.75, 3.05) is 18.4 Å². The molecule has 0 amide bonds. The van der Waals surface area contributed by atoms with E-state index in [1.165, 1.54) is 31.4 Å². The van der Waals surface area contributed by atoms with Crippen LogP contribution in [0.15, 0.2) is 18.3 Å². The Morgan fingerprint density at radius 1 is 1.32 bits per heavy atom. The molecule has 2 aromatic rings. The van der Waals surface area contributed by atoms with Gasteiger partial charge in [-0.15, -0.1) is 5.10 Å². The minimum Gasteiger partial charge on any atom is -0.349 e. The van der Waals surface area contributed by atoms with Crippen molar-refractivity contribution in [2.45, 2.75) is 38.3 Å². The molecule has 0 aromatic carbocycles. The smallest absolute Gasteiger partial charge is 0.243 e. The average Bonchev–Trinajstić information content (AvgIpc) is 3.01. The number of nitrogens with zero attached hydrogens (tertiary/aromatic N) is 4. The third kappa shape index (κ3) is 2.18. The zero-order valence-electron chi connectivity index (χ0n) is 11.2. The van der Waals surface area contributed by atoms with Gasteiger partial charge in [0.25, 0.3) is 0 Å². The van der Waals surface area contributed by atoms with E-state index in [1.807, 2.05) is 10.7 Å². The fraction of sp³-hybridized carbons (Fsp3) is 0.571. The van der Waals surface area contributed by atoms with Crippen LogP contribution in [0, 0.1) is 6.92 Å². The van der Waals surface area contributed by atoms with Crippen LogP contribution in [0.25, 0.3) is 5.65 Å². The highest BCUT2D eigenvalue weighted by molar-refractivity contribution is 5.45. The van der Waals surface area contributed by atoms with Gasteiger partial charge in [-0.2, -0.15) is 4.98 Å². The van der Waals surface area contributed by atoms with E-state index in [9.17, 15) is 0 Å². The molecule has 5 heteroatoms. The molecule has 19 heavy (non-hydrogen) atoms. The quantitative estimate of drug-likeness (QED) is 0.909. The monoisotopic (exact) mass is 257 g/mol. The van der Waals surface area contributed by atoms with Crippen molar-refractivity contribution in [2.24, 2.45) is 0 Å². The maximum absolute atomic E-state index is 4.54. The molecule has 0 spiro atoms. The van der Waals surface area contributed by atoms with E-state index in [1.54, 1.807) is 0 Å². The topological polar surface area (TPSA) is 45.5 Å². The Kier molecular flexibility index (Phi) is 2.48. The highest BCUT2D eigenvalue weighted by atomic mass is 15.4. The summed E-state index contributed by atoms with van der Waals surface area (Å²) in [4.78, 5) is 7.14. The van der Waals surface area contributed by atoms with Crippen LogP contribution >= 0.6 is 0 Å². The molecule has 1 saturated heterocycles. The maximum atomic E-state index is 4.54. The molecule has 1 atom stereocenters. The van der Waals surface area contributed by atoms with Crippen LogP contribution in [-0.2, 0) is 0 Å². The molecule has 2 fully saturated rings. The zero-order valence-corrected chi connectivity index (χ0v) is 11.2. The lowest BCUT2D eigenvalue weighted by atomic mass is 10.3. The van der Waals surface area contributed by atoms with Gasteiger partial charge < -0.3 is 5.32 Å². The fourth-order valence-electron chi connectivity index (χ4n) is 2.90. The van der Waals surface area contributed by atoms with Gasteiger partial charge in [0.05, 0.1) is 0 Å². The van der Waals surface area contributed by atoms with Crippen LogP contribution in [0.1, 0.15) is 24.8 Å². The molecule has 2 aromatic heterocycles. The Balaban J connectivity index is 1.48. The number of likely N-dealkylation sites (tertiary alicyclic amines) is 1. The third-order valence-electron chi connectivity index (χ3n) is 4.11. The summed E-state index contributed by atoms with van der Waals surface area (Å²) < 4.78 is 1.84. The van der Waals surface area contributed by atoms with Gasteiger partial charge in [-0.25, -0.2) is 4.52 Å². The van der Waals surface area contributed by atoms with Crippen molar-refractivity contribution in [1.82, 2.24) is 19.5 Å². The number of aryl methyl sites for hydroxylation is 1.